The molecule has 5 rings (SSSR count). The summed E-state index contributed by atoms with van der Waals surface area (Å²) < 4.78 is 23.7. The first-order valence-corrected chi connectivity index (χ1v) is 14.3. The number of nitrogens with zero attached hydrogens (tertiary/aromatic N) is 3. The zero-order valence-electron chi connectivity index (χ0n) is 22.8. The van der Waals surface area contributed by atoms with E-state index in [0.29, 0.717) is 46.2 Å². The van der Waals surface area contributed by atoms with E-state index in [1.54, 1.807) is 18.5 Å². The van der Waals surface area contributed by atoms with Crippen LogP contribution in [0.5, 0.6) is 11.6 Å². The van der Waals surface area contributed by atoms with Gasteiger partial charge in [-0.2, -0.15) is 0 Å². The lowest BCUT2D eigenvalue weighted by molar-refractivity contribution is -0.106. The Morgan fingerprint density at radius 3 is 2.45 bits per heavy atom. The van der Waals surface area contributed by atoms with Crippen LogP contribution in [0, 0.1) is 5.41 Å². The normalized spacial score (nSPS) is 22.7. The average molecular weight is 591 g/mol. The molecule has 2 saturated carbocycles. The van der Waals surface area contributed by atoms with E-state index in [0.717, 1.165) is 56.3 Å². The molecule has 0 amide bonds. The largest absolute Gasteiger partial charge is 0.496 e. The Bertz CT molecular complexity index is 1360. The van der Waals surface area contributed by atoms with Gasteiger partial charge in [0.05, 0.1) is 36.0 Å². The molecule has 0 radical (unpaired) electrons. The van der Waals surface area contributed by atoms with Gasteiger partial charge in [-0.3, -0.25) is 4.98 Å². The maximum atomic E-state index is 11.4. The fraction of sp³-hybridized carbons (Fsp3) is 0.517. The van der Waals surface area contributed by atoms with Gasteiger partial charge in [0.2, 0.25) is 5.88 Å². The van der Waals surface area contributed by atoms with Crippen LogP contribution in [0.25, 0.3) is 11.3 Å². The quantitative estimate of drug-likeness (QED) is 0.245. The van der Waals surface area contributed by atoms with E-state index in [2.05, 4.69) is 29.0 Å². The fourth-order valence-corrected chi connectivity index (χ4v) is 5.82. The van der Waals surface area contributed by atoms with E-state index >= 15 is 0 Å². The number of carbonyl (C=O) groups is 1. The van der Waals surface area contributed by atoms with Crippen LogP contribution in [-0.2, 0) is 11.3 Å². The average Bonchev–Trinajstić information content (AvgIpc) is 3.71. The summed E-state index contributed by atoms with van der Waals surface area (Å²) in [5, 5.41) is 14.6. The molecule has 2 aliphatic rings. The second kappa shape index (κ2) is 11.5. The monoisotopic (exact) mass is 589 g/mol. The highest BCUT2D eigenvalue weighted by Gasteiger charge is 2.42. The van der Waals surface area contributed by atoms with E-state index < -0.39 is 5.97 Å². The number of methoxy groups -OCH3 is 1. The van der Waals surface area contributed by atoms with Crippen molar-refractivity contribution >= 4 is 29.2 Å². The molecule has 0 unspecified atom stereocenters. The van der Waals surface area contributed by atoms with Crippen molar-refractivity contribution in [2.75, 3.05) is 13.7 Å². The molecule has 11 heteroatoms. The van der Waals surface area contributed by atoms with Gasteiger partial charge in [-0.15, -0.1) is 0 Å². The number of carboxylic acids is 1. The predicted molar refractivity (Wildman–Crippen MR) is 149 cm³/mol. The first-order chi connectivity index (χ1) is 19.2. The summed E-state index contributed by atoms with van der Waals surface area (Å²) >= 11 is 12.9. The van der Waals surface area contributed by atoms with Gasteiger partial charge < -0.3 is 23.8 Å². The number of carboxylic acid groups (broad SMARTS) is 1. The maximum Gasteiger partial charge on any atom is 0.354 e. The van der Waals surface area contributed by atoms with Crippen molar-refractivity contribution in [3.63, 3.8) is 0 Å². The molecule has 1 N–H and O–H groups in total. The van der Waals surface area contributed by atoms with Crippen molar-refractivity contribution < 1.29 is 28.6 Å². The Balaban J connectivity index is 1.27. The molecule has 0 aromatic carbocycles. The summed E-state index contributed by atoms with van der Waals surface area (Å²) in [7, 11) is 1.48. The number of aromatic carboxylic acids is 1. The van der Waals surface area contributed by atoms with Crippen LogP contribution in [0.2, 0.25) is 10.0 Å². The second-order valence-electron chi connectivity index (χ2n) is 11.1. The summed E-state index contributed by atoms with van der Waals surface area (Å²) in [6.45, 7) is 5.10. The standard InChI is InChI=1S/C29H33Cl2N3O6/c1-4-29(9-7-28(2,8-10-29)16-38-23-12-18(37-3)11-22(33-23)27(35)36)39-15-19-25(34-40-26(19)17-5-6-17)24-20(30)13-32-14-21(24)31/h11-14,17H,4-10,15-16H2,1-3H3,(H,35,36). The van der Waals surface area contributed by atoms with Gasteiger partial charge in [0.25, 0.3) is 0 Å². The van der Waals surface area contributed by atoms with E-state index in [1.807, 2.05) is 0 Å². The van der Waals surface area contributed by atoms with Crippen LogP contribution in [-0.4, -0.2) is 45.5 Å². The van der Waals surface area contributed by atoms with E-state index in [4.69, 9.17) is 41.9 Å². The fourth-order valence-electron chi connectivity index (χ4n) is 5.27. The molecule has 214 valence electrons. The third kappa shape index (κ3) is 6.06. The number of aromatic nitrogens is 3. The molecule has 0 saturated heterocycles. The first-order valence-electron chi connectivity index (χ1n) is 13.5. The second-order valence-corrected chi connectivity index (χ2v) is 11.9. The number of halogens is 2. The highest BCUT2D eigenvalue weighted by Crippen LogP contribution is 2.48. The van der Waals surface area contributed by atoms with E-state index in [1.165, 1.54) is 13.2 Å². The van der Waals surface area contributed by atoms with Crippen LogP contribution in [0.1, 0.15) is 86.5 Å². The van der Waals surface area contributed by atoms with Gasteiger partial charge >= 0.3 is 5.97 Å². The molecule has 2 fully saturated rings. The molecule has 0 spiro atoms. The van der Waals surface area contributed by atoms with Crippen molar-refractivity contribution in [1.82, 2.24) is 15.1 Å². The Kier molecular flexibility index (Phi) is 8.27. The van der Waals surface area contributed by atoms with Crippen LogP contribution >= 0.6 is 23.2 Å². The SMILES string of the molecule is CCC1(OCc2c(-c3c(Cl)cncc3Cl)noc2C2CC2)CCC(C)(COc2cc(OC)cc(C(=O)O)n2)CC1. The number of rotatable bonds is 11. The van der Waals surface area contributed by atoms with Crippen LogP contribution < -0.4 is 9.47 Å². The molecule has 3 aromatic rings. The van der Waals surface area contributed by atoms with Crippen molar-refractivity contribution in [3.05, 3.63) is 51.6 Å². The van der Waals surface area contributed by atoms with Gasteiger partial charge in [0, 0.05) is 47.0 Å². The maximum absolute atomic E-state index is 11.4. The first kappa shape index (κ1) is 28.6. The lowest BCUT2D eigenvalue weighted by Gasteiger charge is -2.44. The Hall–Kier alpha value is -2.88. The van der Waals surface area contributed by atoms with Crippen molar-refractivity contribution in [2.24, 2.45) is 5.41 Å². The minimum atomic E-state index is -1.13. The summed E-state index contributed by atoms with van der Waals surface area (Å²) in [5.74, 6) is 0.693. The Labute approximate surface area is 243 Å². The minimum absolute atomic E-state index is 0.115. The summed E-state index contributed by atoms with van der Waals surface area (Å²) in [6, 6.07) is 2.98. The molecule has 0 aliphatic heterocycles. The number of ether oxygens (including phenoxy) is 3. The molecular weight excluding hydrogens is 557 g/mol. The number of hydrogen-bond donors (Lipinski definition) is 1. The molecule has 2 aliphatic carbocycles. The molecular formula is C29H33Cl2N3O6. The van der Waals surface area contributed by atoms with E-state index in [9.17, 15) is 9.90 Å². The van der Waals surface area contributed by atoms with Gasteiger partial charge in [0.15, 0.2) is 5.69 Å². The zero-order chi connectivity index (χ0) is 28.5. The summed E-state index contributed by atoms with van der Waals surface area (Å²) in [5.41, 5.74) is 1.60. The highest BCUT2D eigenvalue weighted by molar-refractivity contribution is 6.38. The lowest BCUT2D eigenvalue weighted by Crippen LogP contribution is -2.42. The van der Waals surface area contributed by atoms with Gasteiger partial charge in [-0.1, -0.05) is 42.2 Å². The summed E-state index contributed by atoms with van der Waals surface area (Å²) in [4.78, 5) is 19.6. The lowest BCUT2D eigenvalue weighted by atomic mass is 9.69. The van der Waals surface area contributed by atoms with Crippen molar-refractivity contribution in [3.8, 4) is 22.9 Å². The predicted octanol–water partition coefficient (Wildman–Crippen LogP) is 7.35. The highest BCUT2D eigenvalue weighted by atomic mass is 35.5. The number of hydrogen-bond acceptors (Lipinski definition) is 8. The van der Waals surface area contributed by atoms with Gasteiger partial charge in [-0.05, 0) is 44.9 Å². The topological polar surface area (TPSA) is 117 Å². The minimum Gasteiger partial charge on any atom is -0.496 e. The Morgan fingerprint density at radius 1 is 1.15 bits per heavy atom. The van der Waals surface area contributed by atoms with Crippen molar-refractivity contribution in [1.29, 1.82) is 0 Å². The van der Waals surface area contributed by atoms with Crippen LogP contribution in [0.3, 0.4) is 0 Å². The molecule has 0 bridgehead atoms. The third-order valence-electron chi connectivity index (χ3n) is 8.19. The smallest absolute Gasteiger partial charge is 0.354 e. The van der Waals surface area contributed by atoms with E-state index in [-0.39, 0.29) is 22.6 Å². The number of pyridine rings is 2. The molecule has 9 nitrogen and oxygen atoms in total. The molecule has 3 heterocycles. The Morgan fingerprint density at radius 2 is 1.85 bits per heavy atom. The molecule has 0 atom stereocenters. The molecule has 3 aromatic heterocycles. The van der Waals surface area contributed by atoms with Crippen LogP contribution in [0.15, 0.2) is 29.0 Å². The van der Waals surface area contributed by atoms with Gasteiger partial charge in [0.1, 0.15) is 17.2 Å². The molecule has 40 heavy (non-hydrogen) atoms. The van der Waals surface area contributed by atoms with Crippen molar-refractivity contribution in [2.45, 2.75) is 76.9 Å². The summed E-state index contributed by atoms with van der Waals surface area (Å²) in [6.07, 6.45) is 9.56. The zero-order valence-corrected chi connectivity index (χ0v) is 24.3. The van der Waals surface area contributed by atoms with Gasteiger partial charge in [-0.25, -0.2) is 9.78 Å². The van der Waals surface area contributed by atoms with Crippen LogP contribution in [0.4, 0.5) is 0 Å². The third-order valence-corrected chi connectivity index (χ3v) is 8.76.